The SMILES string of the molecule is O=C(c1ccccc1)N1CCCC(O)C1. The predicted octanol–water partition coefficient (Wildman–Crippen LogP) is 1.28. The van der Waals surface area contributed by atoms with Gasteiger partial charge in [0, 0.05) is 18.7 Å². The molecule has 1 aromatic carbocycles. The Morgan fingerprint density at radius 3 is 2.73 bits per heavy atom. The molecule has 0 bridgehead atoms. The zero-order valence-corrected chi connectivity index (χ0v) is 8.60. The summed E-state index contributed by atoms with van der Waals surface area (Å²) in [5, 5.41) is 9.48. The molecule has 1 saturated heterocycles. The Kier molecular flexibility index (Phi) is 3.02. The molecular weight excluding hydrogens is 190 g/mol. The van der Waals surface area contributed by atoms with Gasteiger partial charge in [-0.3, -0.25) is 4.79 Å². The number of likely N-dealkylation sites (tertiary alicyclic amines) is 1. The van der Waals surface area contributed by atoms with Crippen molar-refractivity contribution >= 4 is 5.91 Å². The number of carbonyl (C=O) groups is 1. The molecular formula is C12H15NO2. The fraction of sp³-hybridized carbons (Fsp3) is 0.417. The van der Waals surface area contributed by atoms with Gasteiger partial charge < -0.3 is 10.0 Å². The van der Waals surface area contributed by atoms with E-state index in [0.29, 0.717) is 12.1 Å². The molecule has 2 rings (SSSR count). The van der Waals surface area contributed by atoms with Crippen molar-refractivity contribution in [3.05, 3.63) is 35.9 Å². The number of benzene rings is 1. The molecule has 0 aromatic heterocycles. The summed E-state index contributed by atoms with van der Waals surface area (Å²) in [6.45, 7) is 1.22. The fourth-order valence-corrected chi connectivity index (χ4v) is 1.90. The fourth-order valence-electron chi connectivity index (χ4n) is 1.90. The first-order chi connectivity index (χ1) is 7.27. The van der Waals surface area contributed by atoms with E-state index < -0.39 is 0 Å². The topological polar surface area (TPSA) is 40.5 Å². The summed E-state index contributed by atoms with van der Waals surface area (Å²) in [6, 6.07) is 9.22. The summed E-state index contributed by atoms with van der Waals surface area (Å²) in [5.41, 5.74) is 0.701. The number of rotatable bonds is 1. The van der Waals surface area contributed by atoms with E-state index in [1.807, 2.05) is 30.3 Å². The van der Waals surface area contributed by atoms with Crippen molar-refractivity contribution in [3.8, 4) is 0 Å². The van der Waals surface area contributed by atoms with E-state index in [1.54, 1.807) is 4.90 Å². The highest BCUT2D eigenvalue weighted by Gasteiger charge is 2.22. The zero-order chi connectivity index (χ0) is 10.7. The number of aliphatic hydroxyl groups is 1. The minimum atomic E-state index is -0.355. The van der Waals surface area contributed by atoms with Crippen LogP contribution in [0.4, 0.5) is 0 Å². The summed E-state index contributed by atoms with van der Waals surface area (Å²) in [7, 11) is 0. The Morgan fingerprint density at radius 2 is 2.07 bits per heavy atom. The average molecular weight is 205 g/mol. The highest BCUT2D eigenvalue weighted by atomic mass is 16.3. The highest BCUT2D eigenvalue weighted by molar-refractivity contribution is 5.94. The Hall–Kier alpha value is -1.35. The molecule has 0 radical (unpaired) electrons. The third-order valence-corrected chi connectivity index (χ3v) is 2.70. The Bertz CT molecular complexity index is 337. The minimum Gasteiger partial charge on any atom is -0.391 e. The number of amides is 1. The van der Waals surface area contributed by atoms with Crippen molar-refractivity contribution < 1.29 is 9.90 Å². The first-order valence-electron chi connectivity index (χ1n) is 5.30. The van der Waals surface area contributed by atoms with Gasteiger partial charge in [-0.2, -0.15) is 0 Å². The second-order valence-corrected chi connectivity index (χ2v) is 3.91. The molecule has 80 valence electrons. The van der Waals surface area contributed by atoms with Crippen LogP contribution in [0.3, 0.4) is 0 Å². The number of hydrogen-bond donors (Lipinski definition) is 1. The normalized spacial score (nSPS) is 21.4. The van der Waals surface area contributed by atoms with Gasteiger partial charge in [-0.15, -0.1) is 0 Å². The van der Waals surface area contributed by atoms with Crippen LogP contribution in [-0.2, 0) is 0 Å². The highest BCUT2D eigenvalue weighted by Crippen LogP contribution is 2.13. The molecule has 1 unspecified atom stereocenters. The molecule has 1 heterocycles. The Morgan fingerprint density at radius 1 is 1.33 bits per heavy atom. The van der Waals surface area contributed by atoms with Crippen molar-refractivity contribution in [2.75, 3.05) is 13.1 Å². The van der Waals surface area contributed by atoms with Crippen LogP contribution in [0, 0.1) is 0 Å². The molecule has 0 spiro atoms. The second-order valence-electron chi connectivity index (χ2n) is 3.91. The van der Waals surface area contributed by atoms with Crippen LogP contribution in [0.5, 0.6) is 0 Å². The van der Waals surface area contributed by atoms with Gasteiger partial charge in [0.05, 0.1) is 6.10 Å². The first-order valence-corrected chi connectivity index (χ1v) is 5.30. The van der Waals surface area contributed by atoms with Gasteiger partial charge in [-0.05, 0) is 25.0 Å². The lowest BCUT2D eigenvalue weighted by Gasteiger charge is -2.30. The van der Waals surface area contributed by atoms with E-state index in [-0.39, 0.29) is 12.0 Å². The lowest BCUT2D eigenvalue weighted by Crippen LogP contribution is -2.42. The molecule has 1 atom stereocenters. The molecule has 1 amide bonds. The van der Waals surface area contributed by atoms with E-state index in [4.69, 9.17) is 0 Å². The number of aliphatic hydroxyl groups excluding tert-OH is 1. The molecule has 1 aliphatic rings. The van der Waals surface area contributed by atoms with Crippen LogP contribution in [0.2, 0.25) is 0 Å². The molecule has 15 heavy (non-hydrogen) atoms. The smallest absolute Gasteiger partial charge is 0.253 e. The molecule has 3 heteroatoms. The minimum absolute atomic E-state index is 0.0225. The van der Waals surface area contributed by atoms with E-state index in [1.165, 1.54) is 0 Å². The van der Waals surface area contributed by atoms with Crippen LogP contribution in [0.1, 0.15) is 23.2 Å². The van der Waals surface area contributed by atoms with Gasteiger partial charge in [-0.1, -0.05) is 18.2 Å². The second kappa shape index (κ2) is 4.45. The molecule has 0 saturated carbocycles. The average Bonchev–Trinajstić information content (AvgIpc) is 2.29. The van der Waals surface area contributed by atoms with E-state index in [9.17, 15) is 9.90 Å². The van der Waals surface area contributed by atoms with Crippen molar-refractivity contribution in [3.63, 3.8) is 0 Å². The summed E-state index contributed by atoms with van der Waals surface area (Å²) in [4.78, 5) is 13.7. The molecule has 3 nitrogen and oxygen atoms in total. The molecule has 1 N–H and O–H groups in total. The van der Waals surface area contributed by atoms with E-state index in [0.717, 1.165) is 19.4 Å². The van der Waals surface area contributed by atoms with Crippen LogP contribution in [0.25, 0.3) is 0 Å². The van der Waals surface area contributed by atoms with Crippen LogP contribution < -0.4 is 0 Å². The van der Waals surface area contributed by atoms with Gasteiger partial charge in [0.15, 0.2) is 0 Å². The third-order valence-electron chi connectivity index (χ3n) is 2.70. The van der Waals surface area contributed by atoms with Gasteiger partial charge in [0.1, 0.15) is 0 Å². The number of hydrogen-bond acceptors (Lipinski definition) is 2. The van der Waals surface area contributed by atoms with Crippen LogP contribution in [0.15, 0.2) is 30.3 Å². The van der Waals surface area contributed by atoms with E-state index in [2.05, 4.69) is 0 Å². The number of nitrogens with zero attached hydrogens (tertiary/aromatic N) is 1. The number of piperidine rings is 1. The number of β-amino-alcohol motifs (C(OH)–C–C–N with tert-alkyl or cyclic N) is 1. The maximum atomic E-state index is 12.0. The quantitative estimate of drug-likeness (QED) is 0.750. The first kappa shape index (κ1) is 10.2. The van der Waals surface area contributed by atoms with Crippen molar-refractivity contribution in [2.45, 2.75) is 18.9 Å². The van der Waals surface area contributed by atoms with Crippen molar-refractivity contribution in [1.29, 1.82) is 0 Å². The largest absolute Gasteiger partial charge is 0.391 e. The van der Waals surface area contributed by atoms with Gasteiger partial charge >= 0.3 is 0 Å². The lowest BCUT2D eigenvalue weighted by molar-refractivity contribution is 0.0474. The summed E-state index contributed by atoms with van der Waals surface area (Å²) in [5.74, 6) is 0.0225. The van der Waals surface area contributed by atoms with Crippen LogP contribution in [-0.4, -0.2) is 35.1 Å². The van der Waals surface area contributed by atoms with Crippen LogP contribution >= 0.6 is 0 Å². The zero-order valence-electron chi connectivity index (χ0n) is 8.60. The van der Waals surface area contributed by atoms with E-state index >= 15 is 0 Å². The maximum absolute atomic E-state index is 12.0. The Balaban J connectivity index is 2.08. The molecule has 1 aliphatic heterocycles. The lowest BCUT2D eigenvalue weighted by atomic mass is 10.1. The predicted molar refractivity (Wildman–Crippen MR) is 57.6 cm³/mol. The molecule has 1 fully saturated rings. The summed E-state index contributed by atoms with van der Waals surface area (Å²) >= 11 is 0. The van der Waals surface area contributed by atoms with Crippen molar-refractivity contribution in [2.24, 2.45) is 0 Å². The van der Waals surface area contributed by atoms with Gasteiger partial charge in [-0.25, -0.2) is 0 Å². The molecule has 1 aromatic rings. The standard InChI is InChI=1S/C12H15NO2/c14-11-7-4-8-13(9-11)12(15)10-5-2-1-3-6-10/h1-3,5-6,11,14H,4,7-9H2. The number of carbonyl (C=O) groups excluding carboxylic acids is 1. The van der Waals surface area contributed by atoms with Gasteiger partial charge in [0.2, 0.25) is 0 Å². The van der Waals surface area contributed by atoms with Gasteiger partial charge in [0.25, 0.3) is 5.91 Å². The Labute approximate surface area is 89.3 Å². The monoisotopic (exact) mass is 205 g/mol. The summed E-state index contributed by atoms with van der Waals surface area (Å²) < 4.78 is 0. The van der Waals surface area contributed by atoms with Crippen molar-refractivity contribution in [1.82, 2.24) is 4.90 Å². The summed E-state index contributed by atoms with van der Waals surface area (Å²) in [6.07, 6.45) is 1.34. The maximum Gasteiger partial charge on any atom is 0.253 e. The third kappa shape index (κ3) is 2.36. The molecule has 0 aliphatic carbocycles.